The van der Waals surface area contributed by atoms with E-state index in [1.165, 1.54) is 11.1 Å². The summed E-state index contributed by atoms with van der Waals surface area (Å²) in [5.41, 5.74) is 0.384. The molecule has 0 bridgehead atoms. The number of aromatic nitrogens is 1. The van der Waals surface area contributed by atoms with Crippen LogP contribution in [0.25, 0.3) is 0 Å². The number of nitrogens with zero attached hydrogens (tertiary/aromatic N) is 2. The number of carbonyl (C=O) groups is 2. The van der Waals surface area contributed by atoms with Crippen molar-refractivity contribution in [2.24, 2.45) is 5.92 Å². The first kappa shape index (κ1) is 17.9. The van der Waals surface area contributed by atoms with Gasteiger partial charge in [-0.1, -0.05) is 20.8 Å². The van der Waals surface area contributed by atoms with Crippen molar-refractivity contribution in [1.82, 2.24) is 9.88 Å². The molecular weight excluding hydrogens is 284 g/mol. The summed E-state index contributed by atoms with van der Waals surface area (Å²) in [4.78, 5) is 28.9. The highest BCUT2D eigenvalue weighted by Gasteiger charge is 2.20. The first-order valence-corrected chi connectivity index (χ1v) is 7.47. The van der Waals surface area contributed by atoms with Gasteiger partial charge in [-0.15, -0.1) is 0 Å². The predicted octanol–water partition coefficient (Wildman–Crippen LogP) is 2.44. The Labute approximate surface area is 131 Å². The number of amides is 1. The maximum atomic E-state index is 12.5. The van der Waals surface area contributed by atoms with Crippen molar-refractivity contribution >= 4 is 11.9 Å². The van der Waals surface area contributed by atoms with Gasteiger partial charge in [0.15, 0.2) is 0 Å². The lowest BCUT2D eigenvalue weighted by molar-refractivity contribution is -0.137. The van der Waals surface area contributed by atoms with Crippen LogP contribution in [0.4, 0.5) is 0 Å². The van der Waals surface area contributed by atoms with E-state index in [0.29, 0.717) is 18.0 Å². The largest absolute Gasteiger partial charge is 0.480 e. The van der Waals surface area contributed by atoms with E-state index in [2.05, 4.69) is 4.98 Å². The van der Waals surface area contributed by atoms with Gasteiger partial charge in [0.1, 0.15) is 6.54 Å². The van der Waals surface area contributed by atoms with Gasteiger partial charge in [0.05, 0.1) is 6.10 Å². The van der Waals surface area contributed by atoms with Gasteiger partial charge in [0.2, 0.25) is 5.88 Å². The van der Waals surface area contributed by atoms with E-state index in [4.69, 9.17) is 9.84 Å². The number of carbonyl (C=O) groups excluding carboxylic acids is 1. The molecule has 0 aliphatic heterocycles. The Bertz CT molecular complexity index is 517. The molecule has 0 aliphatic rings. The number of aliphatic carboxylic acids is 1. The fourth-order valence-electron chi connectivity index (χ4n) is 1.90. The highest BCUT2D eigenvalue weighted by molar-refractivity contribution is 5.96. The zero-order chi connectivity index (χ0) is 16.7. The standard InChI is InChI=1S/C16H24N2O4/c1-5-12(4)22-14-8-13(6-7-17-14)16(21)18(9-11(2)3)10-15(19)20/h6-8,11-12H,5,9-10H2,1-4H3,(H,19,20). The number of ether oxygens (including phenoxy) is 1. The third-order valence-electron chi connectivity index (χ3n) is 3.08. The maximum Gasteiger partial charge on any atom is 0.323 e. The molecule has 0 aromatic carbocycles. The Hall–Kier alpha value is -2.11. The second-order valence-corrected chi connectivity index (χ2v) is 5.69. The Balaban J connectivity index is 2.93. The quantitative estimate of drug-likeness (QED) is 0.798. The SMILES string of the molecule is CCC(C)Oc1cc(C(=O)N(CC(=O)O)CC(C)C)ccn1. The molecular formula is C16H24N2O4. The van der Waals surface area contributed by atoms with E-state index < -0.39 is 5.97 Å². The second kappa shape index (κ2) is 8.36. The number of carboxylic acids is 1. The first-order chi connectivity index (χ1) is 10.3. The van der Waals surface area contributed by atoms with E-state index in [-0.39, 0.29) is 24.5 Å². The summed E-state index contributed by atoms with van der Waals surface area (Å²) in [6.45, 7) is 7.86. The summed E-state index contributed by atoms with van der Waals surface area (Å²) < 4.78 is 5.60. The highest BCUT2D eigenvalue weighted by atomic mass is 16.5. The molecule has 1 amide bonds. The maximum absolute atomic E-state index is 12.5. The van der Waals surface area contributed by atoms with Gasteiger partial charge in [0.25, 0.3) is 5.91 Å². The van der Waals surface area contributed by atoms with Gasteiger partial charge in [0, 0.05) is 24.4 Å². The Morgan fingerprint density at radius 1 is 1.36 bits per heavy atom. The fourth-order valence-corrected chi connectivity index (χ4v) is 1.90. The lowest BCUT2D eigenvalue weighted by Gasteiger charge is -2.23. The molecule has 1 N–H and O–H groups in total. The van der Waals surface area contributed by atoms with Crippen LogP contribution < -0.4 is 4.74 Å². The molecule has 1 aromatic heterocycles. The van der Waals surface area contributed by atoms with Crippen LogP contribution in [0.1, 0.15) is 44.5 Å². The molecule has 6 nitrogen and oxygen atoms in total. The summed E-state index contributed by atoms with van der Waals surface area (Å²) in [6.07, 6.45) is 2.33. The van der Waals surface area contributed by atoms with E-state index in [1.807, 2.05) is 27.7 Å². The van der Waals surface area contributed by atoms with Crippen molar-refractivity contribution in [2.45, 2.75) is 40.2 Å². The molecule has 1 heterocycles. The number of pyridine rings is 1. The van der Waals surface area contributed by atoms with Crippen molar-refractivity contribution in [3.63, 3.8) is 0 Å². The van der Waals surface area contributed by atoms with E-state index in [0.717, 1.165) is 6.42 Å². The smallest absolute Gasteiger partial charge is 0.323 e. The molecule has 22 heavy (non-hydrogen) atoms. The third kappa shape index (κ3) is 5.71. The zero-order valence-corrected chi connectivity index (χ0v) is 13.6. The lowest BCUT2D eigenvalue weighted by Crippen LogP contribution is -2.38. The topological polar surface area (TPSA) is 79.7 Å². The molecule has 0 saturated heterocycles. The van der Waals surface area contributed by atoms with Crippen LogP contribution in [0.5, 0.6) is 5.88 Å². The monoisotopic (exact) mass is 308 g/mol. The van der Waals surface area contributed by atoms with E-state index in [1.54, 1.807) is 12.1 Å². The van der Waals surface area contributed by atoms with Gasteiger partial charge in [-0.25, -0.2) is 4.98 Å². The minimum Gasteiger partial charge on any atom is -0.480 e. The summed E-state index contributed by atoms with van der Waals surface area (Å²) in [6, 6.07) is 3.13. The molecule has 0 radical (unpaired) electrons. The molecule has 0 saturated carbocycles. The molecule has 0 spiro atoms. The summed E-state index contributed by atoms with van der Waals surface area (Å²) in [5, 5.41) is 8.97. The summed E-state index contributed by atoms with van der Waals surface area (Å²) in [7, 11) is 0. The van der Waals surface area contributed by atoms with Gasteiger partial charge in [-0.3, -0.25) is 9.59 Å². The molecule has 1 atom stereocenters. The van der Waals surface area contributed by atoms with Crippen molar-refractivity contribution in [2.75, 3.05) is 13.1 Å². The first-order valence-electron chi connectivity index (χ1n) is 7.47. The minimum atomic E-state index is -1.03. The van der Waals surface area contributed by atoms with Crippen LogP contribution in [0.15, 0.2) is 18.3 Å². The van der Waals surface area contributed by atoms with Gasteiger partial charge in [-0.2, -0.15) is 0 Å². The van der Waals surface area contributed by atoms with Gasteiger partial charge in [-0.05, 0) is 25.3 Å². The van der Waals surface area contributed by atoms with Crippen molar-refractivity contribution < 1.29 is 19.4 Å². The number of rotatable bonds is 8. The van der Waals surface area contributed by atoms with Gasteiger partial charge >= 0.3 is 5.97 Å². The fraction of sp³-hybridized carbons (Fsp3) is 0.562. The second-order valence-electron chi connectivity index (χ2n) is 5.69. The van der Waals surface area contributed by atoms with Crippen LogP contribution in [-0.2, 0) is 4.79 Å². The lowest BCUT2D eigenvalue weighted by atomic mass is 10.1. The summed E-state index contributed by atoms with van der Waals surface area (Å²) in [5.74, 6) is -0.798. The number of hydrogen-bond acceptors (Lipinski definition) is 4. The average Bonchev–Trinajstić information content (AvgIpc) is 2.45. The van der Waals surface area contributed by atoms with Crippen LogP contribution in [0.3, 0.4) is 0 Å². The van der Waals surface area contributed by atoms with Crippen LogP contribution in [0, 0.1) is 5.92 Å². The van der Waals surface area contributed by atoms with Crippen molar-refractivity contribution in [3.05, 3.63) is 23.9 Å². The average molecular weight is 308 g/mol. The Kier molecular flexibility index (Phi) is 6.82. The van der Waals surface area contributed by atoms with Crippen molar-refractivity contribution in [1.29, 1.82) is 0 Å². The molecule has 122 valence electrons. The molecule has 1 rings (SSSR count). The molecule has 1 aromatic rings. The van der Waals surface area contributed by atoms with Crippen LogP contribution in [-0.4, -0.2) is 46.1 Å². The van der Waals surface area contributed by atoms with Crippen LogP contribution >= 0.6 is 0 Å². The molecule has 6 heteroatoms. The summed E-state index contributed by atoms with van der Waals surface area (Å²) >= 11 is 0. The Morgan fingerprint density at radius 2 is 2.05 bits per heavy atom. The highest BCUT2D eigenvalue weighted by Crippen LogP contribution is 2.15. The third-order valence-corrected chi connectivity index (χ3v) is 3.08. The predicted molar refractivity (Wildman–Crippen MR) is 83.0 cm³/mol. The molecule has 1 unspecified atom stereocenters. The Morgan fingerprint density at radius 3 is 2.59 bits per heavy atom. The van der Waals surface area contributed by atoms with Crippen LogP contribution in [0.2, 0.25) is 0 Å². The van der Waals surface area contributed by atoms with Gasteiger partial charge < -0.3 is 14.7 Å². The van der Waals surface area contributed by atoms with E-state index in [9.17, 15) is 9.59 Å². The van der Waals surface area contributed by atoms with Crippen molar-refractivity contribution in [3.8, 4) is 5.88 Å². The normalized spacial score (nSPS) is 12.0. The minimum absolute atomic E-state index is 0.00337. The van der Waals surface area contributed by atoms with E-state index >= 15 is 0 Å². The number of hydrogen-bond donors (Lipinski definition) is 1. The molecule has 0 aliphatic carbocycles. The molecule has 0 fully saturated rings. The number of carboxylic acid groups (broad SMARTS) is 1. The zero-order valence-electron chi connectivity index (χ0n) is 13.6.